The van der Waals surface area contributed by atoms with E-state index in [0.29, 0.717) is 36.8 Å². The van der Waals surface area contributed by atoms with Crippen LogP contribution in [0.25, 0.3) is 38.3 Å². The number of amides is 5. The molecule has 0 saturated heterocycles. The van der Waals surface area contributed by atoms with Gasteiger partial charge in [0.05, 0.1) is 30.7 Å². The highest BCUT2D eigenvalue weighted by molar-refractivity contribution is 6.30. The Kier molecular flexibility index (Phi) is 22.9. The molecule has 4 unspecified atom stereocenters. The lowest BCUT2D eigenvalue weighted by Crippen LogP contribution is -2.45. The molecule has 7 heterocycles. The monoisotopic (exact) mass is 1600 g/mol. The number of H-pyrrole nitrogens is 3. The third kappa shape index (κ3) is 16.2. The highest BCUT2D eigenvalue weighted by Gasteiger charge is 2.41. The van der Waals surface area contributed by atoms with E-state index in [1.807, 2.05) is 87.2 Å². The van der Waals surface area contributed by atoms with Crippen molar-refractivity contribution in [3.63, 3.8) is 0 Å². The number of nitrogens with one attached hydrogen (secondary N) is 4. The summed E-state index contributed by atoms with van der Waals surface area (Å²) in [5.41, 5.74) is 28.9. The summed E-state index contributed by atoms with van der Waals surface area (Å²) in [6.07, 6.45) is 8.45. The zero-order valence-electron chi connectivity index (χ0n) is 69.5. The number of carbonyl (C=O) groups excluding carboxylic acids is 5. The Hall–Kier alpha value is -12.6. The maximum absolute atomic E-state index is 13.7. The van der Waals surface area contributed by atoms with Crippen molar-refractivity contribution < 1.29 is 24.0 Å². The van der Waals surface area contributed by atoms with Crippen LogP contribution >= 0.6 is 11.6 Å². The molecule has 0 radical (unpaired) electrons. The van der Waals surface area contributed by atoms with Crippen LogP contribution in [0.2, 0.25) is 5.02 Å². The smallest absolute Gasteiger partial charge is 0.254 e. The van der Waals surface area contributed by atoms with Crippen molar-refractivity contribution in [2.45, 2.75) is 136 Å². The number of nitrogens with zero attached hydrogens (tertiary/aromatic N) is 4. The van der Waals surface area contributed by atoms with Crippen molar-refractivity contribution in [3.05, 3.63) is 395 Å². The van der Waals surface area contributed by atoms with E-state index < -0.39 is 0 Å². The average molecular weight is 1600 g/mol. The van der Waals surface area contributed by atoms with Gasteiger partial charge in [0.15, 0.2) is 0 Å². The van der Waals surface area contributed by atoms with Gasteiger partial charge >= 0.3 is 0 Å². The van der Waals surface area contributed by atoms with E-state index >= 15 is 0 Å². The lowest BCUT2D eigenvalue weighted by Gasteiger charge is -2.38. The topological polar surface area (TPSA) is 158 Å². The summed E-state index contributed by atoms with van der Waals surface area (Å²) < 4.78 is 0. The first kappa shape index (κ1) is 79.9. The van der Waals surface area contributed by atoms with Gasteiger partial charge in [0.25, 0.3) is 17.7 Å². The Morgan fingerprint density at radius 3 is 1.27 bits per heavy atom. The Morgan fingerprint density at radius 1 is 0.408 bits per heavy atom. The zero-order chi connectivity index (χ0) is 82.9. The SMILES string of the molecule is Cc1ccc(C2c3[nH]c4ccccc4c3CCN2C(=O)c2ccc(C(C)(C)C)cc2)cc1.Cc1ccc(C2c3[nH]c4ccccc4c3CCN2C(=O)c2ccc(Cl)cc2)cc1.Cc1ccc(C2c3[nH]c4ccccc4c3CCN2C(=O)c2ccccc2C)cc1.O=C(NCC(=O)N1CCC2=C(Cc3ccccc32)C1c1ccccc1)C1CCCC1. The van der Waals surface area contributed by atoms with Gasteiger partial charge in [0, 0.05) is 104 Å². The van der Waals surface area contributed by atoms with Crippen molar-refractivity contribution in [3.8, 4) is 0 Å². The minimum Gasteiger partial charge on any atom is -0.356 e. The van der Waals surface area contributed by atoms with E-state index in [-0.39, 0.29) is 71.6 Å². The Balaban J connectivity index is 0.000000114. The van der Waals surface area contributed by atoms with Gasteiger partial charge < -0.3 is 39.9 Å². The molecular formula is C106H103ClN8O5. The number of aromatic amines is 3. The van der Waals surface area contributed by atoms with Gasteiger partial charge in [-0.3, -0.25) is 24.0 Å². The molecule has 120 heavy (non-hydrogen) atoms. The van der Waals surface area contributed by atoms with Gasteiger partial charge in [-0.15, -0.1) is 0 Å². The van der Waals surface area contributed by atoms with Crippen molar-refractivity contribution in [1.29, 1.82) is 0 Å². The number of para-hydroxylation sites is 3. The third-order valence-corrected chi connectivity index (χ3v) is 25.7. The second kappa shape index (κ2) is 34.4. The lowest BCUT2D eigenvalue weighted by molar-refractivity contribution is -0.135. The molecule has 11 aromatic carbocycles. The number of aryl methyl sites for hydroxylation is 4. The molecule has 1 saturated carbocycles. The molecule has 14 heteroatoms. The molecule has 4 aliphatic heterocycles. The lowest BCUT2D eigenvalue weighted by atomic mass is 9.86. The first-order valence-corrected chi connectivity index (χ1v) is 42.9. The number of fused-ring (bicyclic) bond motifs is 11. The van der Waals surface area contributed by atoms with Crippen LogP contribution in [0.3, 0.4) is 0 Å². The summed E-state index contributed by atoms with van der Waals surface area (Å²) in [6.45, 7) is 17.7. The Labute approximate surface area is 708 Å². The first-order chi connectivity index (χ1) is 58.3. The largest absolute Gasteiger partial charge is 0.356 e. The van der Waals surface area contributed by atoms with Crippen LogP contribution in [0, 0.1) is 33.6 Å². The van der Waals surface area contributed by atoms with E-state index in [0.717, 1.165) is 130 Å². The van der Waals surface area contributed by atoms with Crippen LogP contribution in [0.15, 0.2) is 279 Å². The maximum atomic E-state index is 13.7. The van der Waals surface area contributed by atoms with Crippen molar-refractivity contribution in [2.24, 2.45) is 5.92 Å². The number of rotatable bonds is 10. The third-order valence-electron chi connectivity index (χ3n) is 25.5. The fourth-order valence-corrected chi connectivity index (χ4v) is 19.2. The number of carbonyl (C=O) groups is 5. The molecule has 13 nitrogen and oxygen atoms in total. The van der Waals surface area contributed by atoms with Crippen molar-refractivity contribution in [2.75, 3.05) is 32.7 Å². The van der Waals surface area contributed by atoms with Crippen molar-refractivity contribution in [1.82, 2.24) is 39.9 Å². The summed E-state index contributed by atoms with van der Waals surface area (Å²) in [6, 6.07) is 92.5. The molecule has 20 rings (SSSR count). The molecule has 3 aromatic heterocycles. The van der Waals surface area contributed by atoms with Crippen LogP contribution in [0.1, 0.15) is 203 Å². The number of halogens is 1. The van der Waals surface area contributed by atoms with Crippen LogP contribution in [0.5, 0.6) is 0 Å². The maximum Gasteiger partial charge on any atom is 0.254 e. The van der Waals surface area contributed by atoms with Crippen molar-refractivity contribution >= 4 is 79.4 Å². The molecule has 4 atom stereocenters. The minimum absolute atomic E-state index is 0.0118. The first-order valence-electron chi connectivity index (χ1n) is 42.5. The zero-order valence-corrected chi connectivity index (χ0v) is 70.2. The minimum atomic E-state index is -0.144. The molecule has 4 N–H and O–H groups in total. The summed E-state index contributed by atoms with van der Waals surface area (Å²) in [7, 11) is 0. The number of hydrogen-bond donors (Lipinski definition) is 4. The van der Waals surface area contributed by atoms with Gasteiger partial charge in [-0.1, -0.05) is 274 Å². The molecule has 14 aromatic rings. The van der Waals surface area contributed by atoms with E-state index in [9.17, 15) is 24.0 Å². The highest BCUT2D eigenvalue weighted by Crippen LogP contribution is 2.48. The summed E-state index contributed by atoms with van der Waals surface area (Å²) >= 11 is 6.02. The number of aromatic nitrogens is 3. The highest BCUT2D eigenvalue weighted by atomic mass is 35.5. The van der Waals surface area contributed by atoms with Crippen LogP contribution < -0.4 is 5.32 Å². The van der Waals surface area contributed by atoms with Crippen LogP contribution in [0.4, 0.5) is 0 Å². The quantitative estimate of drug-likeness (QED) is 0.107. The molecular weight excluding hydrogens is 1500 g/mol. The molecule has 6 aliphatic rings. The molecule has 2 aliphatic carbocycles. The van der Waals surface area contributed by atoms with Gasteiger partial charge in [-0.25, -0.2) is 0 Å². The van der Waals surface area contributed by atoms with E-state index in [2.05, 4.69) is 250 Å². The fourth-order valence-electron chi connectivity index (χ4n) is 19.1. The normalized spacial score (nSPS) is 17.3. The predicted octanol–water partition coefficient (Wildman–Crippen LogP) is 22.3. The standard InChI is InChI=1S/C29H30N2O.C26H28N2O2.C26H24N2O.C25H21ClN2O/c1-19-9-11-20(12-10-19)27-26-24(23-7-5-6-8-25(23)30-26)17-18-31(27)28(32)21-13-15-22(16-14-21)29(2,3)4;29-24(17-27-26(30)19-10-4-5-11-19)28-15-14-22-21-13-7-6-12-20(21)16-23(22)25(28)18-8-2-1-3-9-18;1-17-11-13-19(14-12-17)25-24-22(21-9-5-6-10-23(21)27-24)15-16-28(25)26(29)20-8-4-3-7-18(20)2;1-16-6-8-17(9-7-16)24-23-21(20-4-2-3-5-22(20)27-23)14-15-28(24)25(29)18-10-12-19(26)13-11-18/h5-16,27,30H,17-18H2,1-4H3;1-3,6-9,12-13,19,25H,4-5,10-11,14-17H2,(H,27,30);3-14,25,27H,15-16H2,1-2H3;2-13,24,27H,14-15H2,1H3. The summed E-state index contributed by atoms with van der Waals surface area (Å²) in [4.78, 5) is 85.4. The van der Waals surface area contributed by atoms with Gasteiger partial charge in [0.1, 0.15) is 0 Å². The second-order valence-electron chi connectivity index (χ2n) is 34.2. The van der Waals surface area contributed by atoms with E-state index in [1.165, 1.54) is 77.4 Å². The molecule has 0 bridgehead atoms. The number of benzene rings is 11. The van der Waals surface area contributed by atoms with E-state index in [4.69, 9.17) is 11.6 Å². The number of hydrogen-bond acceptors (Lipinski definition) is 5. The molecule has 604 valence electrons. The van der Waals surface area contributed by atoms with Gasteiger partial charge in [-0.05, 0) is 211 Å². The van der Waals surface area contributed by atoms with Crippen LogP contribution in [-0.4, -0.2) is 96.8 Å². The summed E-state index contributed by atoms with van der Waals surface area (Å²) in [5, 5.41) is 7.34. The van der Waals surface area contributed by atoms with Gasteiger partial charge in [-0.2, -0.15) is 0 Å². The average Bonchev–Trinajstić information content (AvgIpc) is 1.55. The molecule has 0 spiro atoms. The Morgan fingerprint density at radius 2 is 0.808 bits per heavy atom. The fraction of sp³-hybridized carbons (Fsp3) is 0.255. The molecule has 5 amide bonds. The summed E-state index contributed by atoms with van der Waals surface area (Å²) in [5.74, 6) is 0.345. The Bertz CT molecular complexity index is 6160. The van der Waals surface area contributed by atoms with E-state index in [1.54, 1.807) is 24.3 Å². The molecule has 1 fully saturated rings. The second-order valence-corrected chi connectivity index (χ2v) is 34.6. The van der Waals surface area contributed by atoms with Crippen LogP contribution in [-0.2, 0) is 40.7 Å². The predicted molar refractivity (Wildman–Crippen MR) is 484 cm³/mol. The van der Waals surface area contributed by atoms with Gasteiger partial charge in [0.2, 0.25) is 11.8 Å².